The Morgan fingerprint density at radius 1 is 1.53 bits per heavy atom. The Hall–Kier alpha value is -1.46. The van der Waals surface area contributed by atoms with E-state index in [1.54, 1.807) is 12.4 Å². The van der Waals surface area contributed by atoms with Gasteiger partial charge >= 0.3 is 0 Å². The number of nitrogens with two attached hydrogens (primary N) is 1. The maximum atomic E-state index is 11.5. The second kappa shape index (κ2) is 6.98. The zero-order valence-electron chi connectivity index (χ0n) is 10.4. The fourth-order valence-electron chi connectivity index (χ4n) is 1.80. The van der Waals surface area contributed by atoms with E-state index >= 15 is 0 Å². The highest BCUT2D eigenvalue weighted by molar-refractivity contribution is 5.80. The van der Waals surface area contributed by atoms with Gasteiger partial charge in [-0.05, 0) is 37.6 Å². The normalized spacial score (nSPS) is 12.5. The quantitative estimate of drug-likeness (QED) is 0.424. The van der Waals surface area contributed by atoms with Crippen molar-refractivity contribution in [2.45, 2.75) is 25.8 Å². The van der Waals surface area contributed by atoms with E-state index < -0.39 is 0 Å². The molecule has 0 aromatic carbocycles. The van der Waals surface area contributed by atoms with Gasteiger partial charge in [0, 0.05) is 18.9 Å². The highest BCUT2D eigenvalue weighted by Crippen LogP contribution is 2.04. The number of nitrogens with zero attached hydrogens (tertiary/aromatic N) is 2. The molecule has 0 saturated carbocycles. The number of carbonyl (C=O) groups is 1. The first kappa shape index (κ1) is 13.6. The molecule has 0 aliphatic heterocycles. The number of hydrogen-bond donors (Lipinski definition) is 2. The summed E-state index contributed by atoms with van der Waals surface area (Å²) >= 11 is 0. The van der Waals surface area contributed by atoms with Crippen LogP contribution in [0.2, 0.25) is 0 Å². The van der Waals surface area contributed by atoms with E-state index in [1.807, 2.05) is 31.0 Å². The molecule has 1 rings (SSSR count). The van der Waals surface area contributed by atoms with Crippen LogP contribution in [0.1, 0.15) is 18.9 Å². The van der Waals surface area contributed by atoms with E-state index in [4.69, 9.17) is 5.84 Å². The van der Waals surface area contributed by atoms with Gasteiger partial charge in [-0.2, -0.15) is 0 Å². The fourth-order valence-corrected chi connectivity index (χ4v) is 1.80. The maximum absolute atomic E-state index is 11.5. The lowest BCUT2D eigenvalue weighted by Crippen LogP contribution is -2.47. The molecule has 1 atom stereocenters. The van der Waals surface area contributed by atoms with E-state index in [9.17, 15) is 4.79 Å². The summed E-state index contributed by atoms with van der Waals surface area (Å²) in [6, 6.07) is 3.80. The van der Waals surface area contributed by atoms with Crippen molar-refractivity contribution < 1.29 is 4.79 Å². The van der Waals surface area contributed by atoms with Crippen molar-refractivity contribution in [1.29, 1.82) is 0 Å². The Bertz CT molecular complexity index is 342. The second-order valence-electron chi connectivity index (χ2n) is 4.02. The lowest BCUT2D eigenvalue weighted by Gasteiger charge is -2.25. The van der Waals surface area contributed by atoms with Gasteiger partial charge in [0.05, 0.1) is 6.04 Å². The number of carbonyl (C=O) groups excluding carboxylic acids is 1. The molecule has 1 aromatic rings. The zero-order chi connectivity index (χ0) is 12.7. The molecule has 1 heterocycles. The molecular formula is C12H20N4O. The first-order valence-corrected chi connectivity index (χ1v) is 5.78. The molecular weight excluding hydrogens is 216 g/mol. The predicted octanol–water partition coefficient (Wildman–Crippen LogP) is 0.324. The zero-order valence-corrected chi connectivity index (χ0v) is 10.4. The van der Waals surface area contributed by atoms with Crippen LogP contribution in [0.25, 0.3) is 0 Å². The molecule has 1 amide bonds. The van der Waals surface area contributed by atoms with Gasteiger partial charge in [0.1, 0.15) is 0 Å². The molecule has 0 fully saturated rings. The number of pyridine rings is 1. The molecule has 0 aliphatic rings. The van der Waals surface area contributed by atoms with Crippen LogP contribution in [0.3, 0.4) is 0 Å². The van der Waals surface area contributed by atoms with E-state index in [2.05, 4.69) is 10.4 Å². The van der Waals surface area contributed by atoms with Gasteiger partial charge in [-0.1, -0.05) is 6.92 Å². The van der Waals surface area contributed by atoms with Crippen molar-refractivity contribution in [2.75, 3.05) is 13.6 Å². The first-order chi connectivity index (χ1) is 8.19. The minimum Gasteiger partial charge on any atom is -0.295 e. The number of likely N-dealkylation sites (N-methyl/N-ethyl adjacent to an activating group) is 1. The summed E-state index contributed by atoms with van der Waals surface area (Å²) in [6.45, 7) is 2.79. The number of aromatic nitrogens is 1. The highest BCUT2D eigenvalue weighted by atomic mass is 16.2. The number of amides is 1. The molecule has 5 heteroatoms. The third kappa shape index (κ3) is 4.13. The van der Waals surface area contributed by atoms with Crippen LogP contribution < -0.4 is 11.3 Å². The van der Waals surface area contributed by atoms with Crippen molar-refractivity contribution in [2.24, 2.45) is 5.84 Å². The van der Waals surface area contributed by atoms with Crippen molar-refractivity contribution in [1.82, 2.24) is 15.3 Å². The Morgan fingerprint density at radius 3 is 2.71 bits per heavy atom. The molecule has 1 aromatic heterocycles. The smallest absolute Gasteiger partial charge is 0.251 e. The van der Waals surface area contributed by atoms with Gasteiger partial charge in [-0.25, -0.2) is 5.84 Å². The van der Waals surface area contributed by atoms with Crippen LogP contribution in [0.15, 0.2) is 24.5 Å². The number of rotatable bonds is 6. The summed E-state index contributed by atoms with van der Waals surface area (Å²) in [7, 11) is 1.94. The number of nitrogens with one attached hydrogen (secondary N) is 1. The van der Waals surface area contributed by atoms with Crippen LogP contribution in [-0.4, -0.2) is 35.4 Å². The Kier molecular flexibility index (Phi) is 5.59. The third-order valence-corrected chi connectivity index (χ3v) is 2.87. The first-order valence-electron chi connectivity index (χ1n) is 5.78. The maximum Gasteiger partial charge on any atom is 0.251 e. The summed E-state index contributed by atoms with van der Waals surface area (Å²) in [5, 5.41) is 0. The van der Waals surface area contributed by atoms with Crippen molar-refractivity contribution in [3.63, 3.8) is 0 Å². The number of hydrazine groups is 1. The van der Waals surface area contributed by atoms with Crippen LogP contribution in [-0.2, 0) is 11.2 Å². The summed E-state index contributed by atoms with van der Waals surface area (Å²) in [5.74, 6) is 5.02. The van der Waals surface area contributed by atoms with E-state index in [1.165, 1.54) is 5.56 Å². The van der Waals surface area contributed by atoms with Gasteiger partial charge in [-0.15, -0.1) is 0 Å². The molecule has 5 nitrogen and oxygen atoms in total. The molecule has 3 N–H and O–H groups in total. The van der Waals surface area contributed by atoms with E-state index in [0.29, 0.717) is 0 Å². The Labute approximate surface area is 102 Å². The topological polar surface area (TPSA) is 71.2 Å². The minimum atomic E-state index is -0.165. The summed E-state index contributed by atoms with van der Waals surface area (Å²) in [4.78, 5) is 17.5. The molecule has 17 heavy (non-hydrogen) atoms. The van der Waals surface area contributed by atoms with Crippen LogP contribution in [0.4, 0.5) is 0 Å². The monoisotopic (exact) mass is 236 g/mol. The lowest BCUT2D eigenvalue weighted by molar-refractivity contribution is -0.126. The van der Waals surface area contributed by atoms with Crippen LogP contribution in [0, 0.1) is 0 Å². The number of hydrogen-bond acceptors (Lipinski definition) is 4. The minimum absolute atomic E-state index is 0.135. The van der Waals surface area contributed by atoms with Crippen molar-refractivity contribution >= 4 is 5.91 Å². The summed E-state index contributed by atoms with van der Waals surface area (Å²) in [6.07, 6.45) is 5.20. The van der Waals surface area contributed by atoms with E-state index in [0.717, 1.165) is 19.4 Å². The van der Waals surface area contributed by atoms with Gasteiger partial charge in [0.2, 0.25) is 0 Å². The standard InChI is InChI=1S/C12H20N4O/c1-3-11(12(17)15-13)16(2)9-6-10-4-7-14-8-5-10/h4-5,7-8,11H,3,6,9,13H2,1-2H3,(H,15,17). The molecule has 0 spiro atoms. The van der Waals surface area contributed by atoms with Gasteiger partial charge in [-0.3, -0.25) is 20.1 Å². The molecule has 0 saturated heterocycles. The summed E-state index contributed by atoms with van der Waals surface area (Å²) in [5.41, 5.74) is 3.42. The molecule has 1 unspecified atom stereocenters. The predicted molar refractivity (Wildman–Crippen MR) is 67.0 cm³/mol. The lowest BCUT2D eigenvalue weighted by atomic mass is 10.1. The van der Waals surface area contributed by atoms with Crippen molar-refractivity contribution in [3.8, 4) is 0 Å². The molecule has 94 valence electrons. The largest absolute Gasteiger partial charge is 0.295 e. The van der Waals surface area contributed by atoms with Crippen LogP contribution in [0.5, 0.6) is 0 Å². The average molecular weight is 236 g/mol. The SMILES string of the molecule is CCC(C(=O)NN)N(C)CCc1ccncc1. The Morgan fingerprint density at radius 2 is 2.18 bits per heavy atom. The van der Waals surface area contributed by atoms with Crippen molar-refractivity contribution in [3.05, 3.63) is 30.1 Å². The third-order valence-electron chi connectivity index (χ3n) is 2.87. The molecule has 0 bridgehead atoms. The van der Waals surface area contributed by atoms with Crippen LogP contribution >= 0.6 is 0 Å². The van der Waals surface area contributed by atoms with Gasteiger partial charge in [0.15, 0.2) is 0 Å². The van der Waals surface area contributed by atoms with Gasteiger partial charge < -0.3 is 0 Å². The fraction of sp³-hybridized carbons (Fsp3) is 0.500. The molecule has 0 aliphatic carbocycles. The highest BCUT2D eigenvalue weighted by Gasteiger charge is 2.19. The van der Waals surface area contributed by atoms with Gasteiger partial charge in [0.25, 0.3) is 5.91 Å². The second-order valence-corrected chi connectivity index (χ2v) is 4.02. The average Bonchev–Trinajstić information content (AvgIpc) is 2.38. The summed E-state index contributed by atoms with van der Waals surface area (Å²) < 4.78 is 0. The molecule has 0 radical (unpaired) electrons. The Balaban J connectivity index is 2.48. The van der Waals surface area contributed by atoms with E-state index in [-0.39, 0.29) is 11.9 Å².